The molecule has 1 aliphatic heterocycles. The first kappa shape index (κ1) is 13.8. The lowest BCUT2D eigenvalue weighted by atomic mass is 10.2. The van der Waals surface area contributed by atoms with Gasteiger partial charge in [0, 0.05) is 11.8 Å². The van der Waals surface area contributed by atoms with Gasteiger partial charge in [-0.2, -0.15) is 11.8 Å². The second kappa shape index (κ2) is 5.59. The van der Waals surface area contributed by atoms with Gasteiger partial charge in [-0.3, -0.25) is 4.72 Å². The van der Waals surface area contributed by atoms with Crippen LogP contribution in [0.1, 0.15) is 6.42 Å². The van der Waals surface area contributed by atoms with E-state index in [0.29, 0.717) is 16.8 Å². The highest BCUT2D eigenvalue weighted by atomic mass is 35.5. The van der Waals surface area contributed by atoms with Crippen molar-refractivity contribution in [3.8, 4) is 0 Å². The molecular formula is C11H15ClN2O2S2. The molecule has 18 heavy (non-hydrogen) atoms. The summed E-state index contributed by atoms with van der Waals surface area (Å²) in [5.74, 6) is 2.20. The third-order valence-corrected chi connectivity index (χ3v) is 4.66. The highest BCUT2D eigenvalue weighted by molar-refractivity contribution is 7.99. The number of hydrogen-bond donors (Lipinski definition) is 2. The standard InChI is InChI=1S/C11H15ClN2O2S2/c1-18(15,16)14-8-2-3-10(12)11(6-8)13-9-4-5-17-7-9/h2-3,6,9,13-14H,4-5,7H2,1H3. The third-order valence-electron chi connectivity index (χ3n) is 2.56. The number of anilines is 2. The van der Waals surface area contributed by atoms with E-state index in [2.05, 4.69) is 10.0 Å². The van der Waals surface area contributed by atoms with Gasteiger partial charge in [-0.25, -0.2) is 8.42 Å². The zero-order valence-corrected chi connectivity index (χ0v) is 12.3. The molecule has 1 aliphatic rings. The van der Waals surface area contributed by atoms with Crippen LogP contribution in [0.25, 0.3) is 0 Å². The van der Waals surface area contributed by atoms with Gasteiger partial charge in [-0.1, -0.05) is 11.6 Å². The summed E-state index contributed by atoms with van der Waals surface area (Å²) in [5.41, 5.74) is 1.30. The molecule has 1 aromatic rings. The molecule has 0 radical (unpaired) electrons. The number of rotatable bonds is 4. The van der Waals surface area contributed by atoms with E-state index in [-0.39, 0.29) is 0 Å². The highest BCUT2D eigenvalue weighted by Crippen LogP contribution is 2.29. The molecule has 1 aromatic carbocycles. The Hall–Kier alpha value is -0.590. The average Bonchev–Trinajstić information content (AvgIpc) is 2.73. The monoisotopic (exact) mass is 306 g/mol. The number of thioether (sulfide) groups is 1. The van der Waals surface area contributed by atoms with Gasteiger partial charge >= 0.3 is 0 Å². The summed E-state index contributed by atoms with van der Waals surface area (Å²) in [6.07, 6.45) is 2.23. The Kier molecular flexibility index (Phi) is 4.29. The Bertz CT molecular complexity index is 528. The van der Waals surface area contributed by atoms with Crippen LogP contribution in [0.5, 0.6) is 0 Å². The minimum atomic E-state index is -3.26. The van der Waals surface area contributed by atoms with Crippen molar-refractivity contribution < 1.29 is 8.42 Å². The maximum Gasteiger partial charge on any atom is 0.229 e. The van der Waals surface area contributed by atoms with Crippen LogP contribution < -0.4 is 10.0 Å². The second-order valence-electron chi connectivity index (χ2n) is 4.27. The Labute approximate surface area is 117 Å². The Morgan fingerprint density at radius 2 is 2.22 bits per heavy atom. The summed E-state index contributed by atoms with van der Waals surface area (Å²) in [7, 11) is -3.26. The van der Waals surface area contributed by atoms with Crippen molar-refractivity contribution in [1.29, 1.82) is 0 Å². The predicted octanol–water partition coefficient (Wildman–Crippen LogP) is 2.63. The first-order valence-electron chi connectivity index (χ1n) is 5.56. The number of sulfonamides is 1. The molecule has 1 unspecified atom stereocenters. The van der Waals surface area contributed by atoms with Crippen LogP contribution >= 0.6 is 23.4 Å². The topological polar surface area (TPSA) is 58.2 Å². The van der Waals surface area contributed by atoms with E-state index in [0.717, 1.165) is 29.9 Å². The van der Waals surface area contributed by atoms with Crippen molar-refractivity contribution in [2.75, 3.05) is 27.8 Å². The molecule has 4 nitrogen and oxygen atoms in total. The minimum Gasteiger partial charge on any atom is -0.380 e. The summed E-state index contributed by atoms with van der Waals surface area (Å²) >= 11 is 8.00. The van der Waals surface area contributed by atoms with E-state index < -0.39 is 10.0 Å². The maximum atomic E-state index is 11.2. The van der Waals surface area contributed by atoms with Crippen molar-refractivity contribution >= 4 is 44.8 Å². The molecule has 0 aliphatic carbocycles. The summed E-state index contributed by atoms with van der Waals surface area (Å²) in [5, 5.41) is 3.95. The van der Waals surface area contributed by atoms with Gasteiger partial charge in [0.25, 0.3) is 0 Å². The van der Waals surface area contributed by atoms with E-state index in [1.807, 2.05) is 11.8 Å². The van der Waals surface area contributed by atoms with Crippen LogP contribution in [0.2, 0.25) is 5.02 Å². The van der Waals surface area contributed by atoms with Crippen molar-refractivity contribution in [2.24, 2.45) is 0 Å². The fourth-order valence-electron chi connectivity index (χ4n) is 1.78. The molecule has 1 saturated heterocycles. The number of halogens is 1. The van der Waals surface area contributed by atoms with Crippen LogP contribution in [-0.4, -0.2) is 32.2 Å². The fraction of sp³-hybridized carbons (Fsp3) is 0.455. The number of benzene rings is 1. The van der Waals surface area contributed by atoms with Gasteiger partial charge in [0.2, 0.25) is 10.0 Å². The average molecular weight is 307 g/mol. The minimum absolute atomic E-state index is 0.404. The van der Waals surface area contributed by atoms with Crippen molar-refractivity contribution in [3.63, 3.8) is 0 Å². The molecule has 0 spiro atoms. The molecule has 0 amide bonds. The molecule has 1 atom stereocenters. The molecule has 0 saturated carbocycles. The van der Waals surface area contributed by atoms with Crippen molar-refractivity contribution in [2.45, 2.75) is 12.5 Å². The number of nitrogens with one attached hydrogen (secondary N) is 2. The lowest BCUT2D eigenvalue weighted by molar-refractivity contribution is 0.607. The van der Waals surface area contributed by atoms with Crippen molar-refractivity contribution in [3.05, 3.63) is 23.2 Å². The normalized spacial score (nSPS) is 19.8. The van der Waals surface area contributed by atoms with Crippen LogP contribution in [0.4, 0.5) is 11.4 Å². The molecular weight excluding hydrogens is 292 g/mol. The molecule has 2 N–H and O–H groups in total. The Morgan fingerprint density at radius 3 is 2.83 bits per heavy atom. The molecule has 0 bridgehead atoms. The van der Waals surface area contributed by atoms with Crippen LogP contribution in [0.3, 0.4) is 0 Å². The first-order valence-corrected chi connectivity index (χ1v) is 8.98. The summed E-state index contributed by atoms with van der Waals surface area (Å²) < 4.78 is 24.8. The van der Waals surface area contributed by atoms with E-state index in [9.17, 15) is 8.42 Å². The predicted molar refractivity (Wildman–Crippen MR) is 79.3 cm³/mol. The quantitative estimate of drug-likeness (QED) is 0.898. The zero-order chi connectivity index (χ0) is 13.2. The fourth-order valence-corrected chi connectivity index (χ4v) is 3.66. The van der Waals surface area contributed by atoms with Gasteiger partial charge in [-0.15, -0.1) is 0 Å². The largest absolute Gasteiger partial charge is 0.380 e. The molecule has 7 heteroatoms. The van der Waals surface area contributed by atoms with Crippen LogP contribution in [-0.2, 0) is 10.0 Å². The van der Waals surface area contributed by atoms with Gasteiger partial charge in [0.05, 0.1) is 22.7 Å². The lowest BCUT2D eigenvalue weighted by Crippen LogP contribution is -2.18. The van der Waals surface area contributed by atoms with Gasteiger partial charge in [0.15, 0.2) is 0 Å². The second-order valence-corrected chi connectivity index (χ2v) is 7.58. The molecule has 100 valence electrons. The maximum absolute atomic E-state index is 11.2. The molecule has 0 aromatic heterocycles. The summed E-state index contributed by atoms with van der Waals surface area (Å²) in [4.78, 5) is 0. The van der Waals surface area contributed by atoms with Gasteiger partial charge in [-0.05, 0) is 30.4 Å². The Balaban J connectivity index is 2.15. The van der Waals surface area contributed by atoms with Crippen LogP contribution in [0, 0.1) is 0 Å². The molecule has 2 rings (SSSR count). The van der Waals surface area contributed by atoms with E-state index >= 15 is 0 Å². The number of hydrogen-bond acceptors (Lipinski definition) is 4. The zero-order valence-electron chi connectivity index (χ0n) is 9.94. The van der Waals surface area contributed by atoms with E-state index in [4.69, 9.17) is 11.6 Å². The molecule has 1 fully saturated rings. The van der Waals surface area contributed by atoms with E-state index in [1.54, 1.807) is 18.2 Å². The SMILES string of the molecule is CS(=O)(=O)Nc1ccc(Cl)c(NC2CCSC2)c1. The van der Waals surface area contributed by atoms with Crippen LogP contribution in [0.15, 0.2) is 18.2 Å². The summed E-state index contributed by atoms with van der Waals surface area (Å²) in [6, 6.07) is 5.48. The Morgan fingerprint density at radius 1 is 1.44 bits per heavy atom. The summed E-state index contributed by atoms with van der Waals surface area (Å²) in [6.45, 7) is 0. The smallest absolute Gasteiger partial charge is 0.229 e. The molecule has 1 heterocycles. The third kappa shape index (κ3) is 3.96. The highest BCUT2D eigenvalue weighted by Gasteiger charge is 2.16. The first-order chi connectivity index (χ1) is 8.44. The van der Waals surface area contributed by atoms with Gasteiger partial charge in [0.1, 0.15) is 0 Å². The van der Waals surface area contributed by atoms with Crippen molar-refractivity contribution in [1.82, 2.24) is 0 Å². The van der Waals surface area contributed by atoms with E-state index in [1.165, 1.54) is 0 Å². The van der Waals surface area contributed by atoms with Gasteiger partial charge < -0.3 is 5.32 Å². The lowest BCUT2D eigenvalue weighted by Gasteiger charge is -2.15.